The van der Waals surface area contributed by atoms with E-state index in [0.717, 1.165) is 45.1 Å². The van der Waals surface area contributed by atoms with Gasteiger partial charge in [-0.2, -0.15) is 0 Å². The molecule has 1 aliphatic heterocycles. The highest BCUT2D eigenvalue weighted by Gasteiger charge is 2.43. The van der Waals surface area contributed by atoms with Crippen LogP contribution in [0.5, 0.6) is 0 Å². The number of halogens is 3. The fraction of sp³-hybridized carbons (Fsp3) is 0.632. The molecule has 2 fully saturated rings. The molecule has 1 aliphatic carbocycles. The molecule has 0 amide bonds. The highest BCUT2D eigenvalue weighted by Crippen LogP contribution is 2.43. The van der Waals surface area contributed by atoms with Gasteiger partial charge < -0.3 is 15.0 Å². The Hall–Kier alpha value is -0.960. The van der Waals surface area contributed by atoms with Gasteiger partial charge in [0.15, 0.2) is 5.96 Å². The zero-order valence-corrected chi connectivity index (χ0v) is 17.7. The first-order valence-corrected chi connectivity index (χ1v) is 9.21. The van der Waals surface area contributed by atoms with E-state index in [0.29, 0.717) is 12.5 Å². The smallest absolute Gasteiger partial charge is 0.194 e. The molecule has 4 nitrogen and oxygen atoms in total. The second-order valence-electron chi connectivity index (χ2n) is 6.79. The third-order valence-corrected chi connectivity index (χ3v) is 4.93. The van der Waals surface area contributed by atoms with Gasteiger partial charge in [0.1, 0.15) is 11.6 Å². The van der Waals surface area contributed by atoms with Crippen LogP contribution in [-0.2, 0) is 4.74 Å². The zero-order chi connectivity index (χ0) is 17.8. The number of ether oxygens (including phenoxy) is 1. The molecule has 0 aromatic heterocycles. The summed E-state index contributed by atoms with van der Waals surface area (Å²) in [6.07, 6.45) is 1.82. The van der Waals surface area contributed by atoms with E-state index in [-0.39, 0.29) is 41.5 Å². The number of guanidine groups is 1. The summed E-state index contributed by atoms with van der Waals surface area (Å²) >= 11 is 0. The molecule has 1 aromatic rings. The minimum absolute atomic E-state index is 0. The van der Waals surface area contributed by atoms with E-state index in [1.54, 1.807) is 0 Å². The molecule has 3 atom stereocenters. The minimum atomic E-state index is -0.457. The molecule has 3 unspecified atom stereocenters. The van der Waals surface area contributed by atoms with Gasteiger partial charge in [0.2, 0.25) is 0 Å². The Kier molecular flexibility index (Phi) is 8.06. The lowest BCUT2D eigenvalue weighted by molar-refractivity contribution is 0.114. The maximum atomic E-state index is 13.9. The molecule has 3 rings (SSSR count). The molecule has 1 saturated heterocycles. The van der Waals surface area contributed by atoms with Crippen molar-refractivity contribution in [2.24, 2.45) is 10.9 Å². The lowest BCUT2D eigenvalue weighted by atomic mass is 10.1. The van der Waals surface area contributed by atoms with E-state index in [1.807, 2.05) is 13.8 Å². The molecule has 1 heterocycles. The van der Waals surface area contributed by atoms with Gasteiger partial charge >= 0.3 is 0 Å². The lowest BCUT2D eigenvalue weighted by Crippen LogP contribution is -2.42. The van der Waals surface area contributed by atoms with Crippen molar-refractivity contribution in [1.82, 2.24) is 10.2 Å². The summed E-state index contributed by atoms with van der Waals surface area (Å²) in [7, 11) is 0. The highest BCUT2D eigenvalue weighted by molar-refractivity contribution is 14.0. The van der Waals surface area contributed by atoms with Crippen LogP contribution in [0.4, 0.5) is 8.78 Å². The van der Waals surface area contributed by atoms with Crippen LogP contribution in [0, 0.1) is 17.6 Å². The first-order chi connectivity index (χ1) is 12.1. The first-order valence-electron chi connectivity index (χ1n) is 9.21. The van der Waals surface area contributed by atoms with Crippen LogP contribution in [0.3, 0.4) is 0 Å². The first kappa shape index (κ1) is 21.3. The van der Waals surface area contributed by atoms with Crippen molar-refractivity contribution in [3.8, 4) is 0 Å². The fourth-order valence-corrected chi connectivity index (χ4v) is 3.54. The van der Waals surface area contributed by atoms with Gasteiger partial charge in [-0.1, -0.05) is 6.07 Å². The normalized spacial score (nSPS) is 25.2. The minimum Gasteiger partial charge on any atom is -0.381 e. The van der Waals surface area contributed by atoms with Gasteiger partial charge in [0, 0.05) is 49.7 Å². The molecule has 2 aliphatic rings. The molecular weight excluding hydrogens is 451 g/mol. The summed E-state index contributed by atoms with van der Waals surface area (Å²) in [4.78, 5) is 6.81. The van der Waals surface area contributed by atoms with Crippen molar-refractivity contribution in [2.75, 3.05) is 32.8 Å². The predicted octanol–water partition coefficient (Wildman–Crippen LogP) is 3.76. The Morgan fingerprint density at radius 1 is 1.31 bits per heavy atom. The van der Waals surface area contributed by atoms with Gasteiger partial charge in [-0.05, 0) is 38.8 Å². The lowest BCUT2D eigenvalue weighted by Gasteiger charge is -2.22. The van der Waals surface area contributed by atoms with E-state index in [2.05, 4.69) is 15.2 Å². The van der Waals surface area contributed by atoms with Crippen LogP contribution in [-0.4, -0.2) is 49.7 Å². The SMILES string of the molecule is CCN=C(NC1CC1c1c(F)cccc1F)N1CCC(COCC)C1.I. The topological polar surface area (TPSA) is 36.9 Å². The number of benzene rings is 1. The van der Waals surface area contributed by atoms with Gasteiger partial charge in [-0.3, -0.25) is 4.99 Å². The average molecular weight is 479 g/mol. The maximum absolute atomic E-state index is 13.9. The summed E-state index contributed by atoms with van der Waals surface area (Å²) < 4.78 is 33.4. The highest BCUT2D eigenvalue weighted by atomic mass is 127. The number of nitrogens with one attached hydrogen (secondary N) is 1. The van der Waals surface area contributed by atoms with Crippen LogP contribution in [0.2, 0.25) is 0 Å². The number of hydrogen-bond donors (Lipinski definition) is 1. The number of nitrogens with zero attached hydrogens (tertiary/aromatic N) is 2. The Balaban J connectivity index is 0.00000243. The summed E-state index contributed by atoms with van der Waals surface area (Å²) in [5, 5.41) is 3.42. The second-order valence-corrected chi connectivity index (χ2v) is 6.79. The van der Waals surface area contributed by atoms with Crippen molar-refractivity contribution in [3.63, 3.8) is 0 Å². The standard InChI is InChI=1S/C19H27F2N3O.HI/c1-3-22-19(24-9-8-13(11-24)12-25-4-2)23-17-10-14(17)18-15(20)6-5-7-16(18)21;/h5-7,13-14,17H,3-4,8-12H2,1-2H3,(H,22,23);1H. The number of rotatable bonds is 6. The molecule has 0 radical (unpaired) electrons. The van der Waals surface area contributed by atoms with Crippen molar-refractivity contribution < 1.29 is 13.5 Å². The van der Waals surface area contributed by atoms with Gasteiger partial charge in [-0.25, -0.2) is 8.78 Å². The quantitative estimate of drug-likeness (QED) is 0.384. The maximum Gasteiger partial charge on any atom is 0.194 e. The Bertz CT molecular complexity index is 609. The number of hydrogen-bond acceptors (Lipinski definition) is 2. The van der Waals surface area contributed by atoms with E-state index >= 15 is 0 Å². The van der Waals surface area contributed by atoms with Crippen molar-refractivity contribution in [2.45, 2.75) is 38.6 Å². The third-order valence-electron chi connectivity index (χ3n) is 4.93. The van der Waals surface area contributed by atoms with Crippen molar-refractivity contribution >= 4 is 29.9 Å². The summed E-state index contributed by atoms with van der Waals surface area (Å²) in [5.74, 6) is 0.334. The molecule has 0 spiro atoms. The zero-order valence-electron chi connectivity index (χ0n) is 15.4. The van der Waals surface area contributed by atoms with E-state index in [4.69, 9.17) is 4.74 Å². The van der Waals surface area contributed by atoms with Crippen molar-refractivity contribution in [1.29, 1.82) is 0 Å². The van der Waals surface area contributed by atoms with Crippen LogP contribution < -0.4 is 5.32 Å². The second kappa shape index (κ2) is 9.82. The molecule has 0 bridgehead atoms. The van der Waals surface area contributed by atoms with Crippen LogP contribution >= 0.6 is 24.0 Å². The van der Waals surface area contributed by atoms with Crippen molar-refractivity contribution in [3.05, 3.63) is 35.4 Å². The van der Waals surface area contributed by atoms with E-state index in [9.17, 15) is 8.78 Å². The van der Waals surface area contributed by atoms with Crippen LogP contribution in [0.25, 0.3) is 0 Å². The largest absolute Gasteiger partial charge is 0.381 e. The molecule has 1 N–H and O–H groups in total. The summed E-state index contributed by atoms with van der Waals surface area (Å²) in [6, 6.07) is 4.11. The van der Waals surface area contributed by atoms with Crippen LogP contribution in [0.15, 0.2) is 23.2 Å². The molecular formula is C19H28F2IN3O. The van der Waals surface area contributed by atoms with Gasteiger partial charge in [0.05, 0.1) is 6.61 Å². The fourth-order valence-electron chi connectivity index (χ4n) is 3.54. The Morgan fingerprint density at radius 2 is 2.04 bits per heavy atom. The molecule has 26 heavy (non-hydrogen) atoms. The Morgan fingerprint density at radius 3 is 2.69 bits per heavy atom. The molecule has 146 valence electrons. The Labute approximate surface area is 171 Å². The predicted molar refractivity (Wildman–Crippen MR) is 110 cm³/mol. The molecule has 1 saturated carbocycles. The third kappa shape index (κ3) is 5.06. The monoisotopic (exact) mass is 479 g/mol. The number of likely N-dealkylation sites (tertiary alicyclic amines) is 1. The molecule has 1 aromatic carbocycles. The number of aliphatic imine (C=N–C) groups is 1. The summed E-state index contributed by atoms with van der Waals surface area (Å²) in [5.41, 5.74) is 0.200. The van der Waals surface area contributed by atoms with E-state index in [1.165, 1.54) is 18.2 Å². The average Bonchev–Trinajstić information content (AvgIpc) is 3.17. The molecule has 7 heteroatoms. The summed E-state index contributed by atoms with van der Waals surface area (Å²) in [6.45, 7) is 8.05. The van der Waals surface area contributed by atoms with Crippen LogP contribution in [0.1, 0.15) is 38.2 Å². The van der Waals surface area contributed by atoms with Gasteiger partial charge in [0.25, 0.3) is 0 Å². The van der Waals surface area contributed by atoms with Gasteiger partial charge in [-0.15, -0.1) is 24.0 Å². The van der Waals surface area contributed by atoms with E-state index < -0.39 is 11.6 Å².